The molecule has 1 fully saturated rings. The number of aromatic nitrogens is 1. The van der Waals surface area contributed by atoms with Gasteiger partial charge in [-0.1, -0.05) is 52.4 Å². The Morgan fingerprint density at radius 2 is 1.81 bits per heavy atom. The fourth-order valence-corrected chi connectivity index (χ4v) is 3.65. The molecule has 0 aromatic carbocycles. The average Bonchev–Trinajstić information content (AvgIpc) is 2.80. The van der Waals surface area contributed by atoms with Crippen LogP contribution in [0.1, 0.15) is 76.7 Å². The van der Waals surface area contributed by atoms with Crippen LogP contribution in [0, 0.1) is 5.92 Å². The summed E-state index contributed by atoms with van der Waals surface area (Å²) in [5.41, 5.74) is 1.42. The van der Waals surface area contributed by atoms with E-state index in [0.29, 0.717) is 12.0 Å². The van der Waals surface area contributed by atoms with Gasteiger partial charge in [-0.2, -0.15) is 0 Å². The molecule has 2 rings (SSSR count). The van der Waals surface area contributed by atoms with Crippen molar-refractivity contribution in [3.63, 3.8) is 0 Å². The Morgan fingerprint density at radius 1 is 1.14 bits per heavy atom. The first-order chi connectivity index (χ1) is 10.3. The quantitative estimate of drug-likeness (QED) is 0.721. The highest BCUT2D eigenvalue weighted by atomic mass is 14.9. The molecule has 2 nitrogen and oxygen atoms in total. The van der Waals surface area contributed by atoms with Gasteiger partial charge in [0.25, 0.3) is 0 Å². The van der Waals surface area contributed by atoms with Crippen molar-refractivity contribution in [2.24, 2.45) is 5.92 Å². The van der Waals surface area contributed by atoms with Gasteiger partial charge in [0.05, 0.1) is 0 Å². The maximum atomic E-state index is 4.16. The topological polar surface area (TPSA) is 24.9 Å². The van der Waals surface area contributed by atoms with Gasteiger partial charge in [0.15, 0.2) is 0 Å². The van der Waals surface area contributed by atoms with E-state index in [-0.39, 0.29) is 0 Å². The summed E-state index contributed by atoms with van der Waals surface area (Å²) in [6.07, 6.45) is 15.0. The Hall–Kier alpha value is -0.890. The Morgan fingerprint density at radius 3 is 2.43 bits per heavy atom. The fraction of sp³-hybridized carbons (Fsp3) is 0.737. The van der Waals surface area contributed by atoms with Crippen LogP contribution in [-0.4, -0.2) is 17.6 Å². The van der Waals surface area contributed by atoms with E-state index in [0.717, 1.165) is 12.5 Å². The van der Waals surface area contributed by atoms with Crippen LogP contribution in [0.5, 0.6) is 0 Å². The van der Waals surface area contributed by atoms with Crippen LogP contribution >= 0.6 is 0 Å². The molecule has 2 unspecified atom stereocenters. The van der Waals surface area contributed by atoms with Gasteiger partial charge in [-0.3, -0.25) is 4.98 Å². The lowest BCUT2D eigenvalue weighted by Gasteiger charge is -2.29. The van der Waals surface area contributed by atoms with Crippen LogP contribution < -0.4 is 5.32 Å². The summed E-state index contributed by atoms with van der Waals surface area (Å²) in [6.45, 7) is 5.76. The monoisotopic (exact) mass is 288 g/mol. The summed E-state index contributed by atoms with van der Waals surface area (Å²) in [7, 11) is 0. The van der Waals surface area contributed by atoms with Crippen LogP contribution in [0.25, 0.3) is 0 Å². The fourth-order valence-electron chi connectivity index (χ4n) is 3.65. The lowest BCUT2D eigenvalue weighted by atomic mass is 9.84. The zero-order chi connectivity index (χ0) is 14.9. The van der Waals surface area contributed by atoms with Gasteiger partial charge in [-0.05, 0) is 48.9 Å². The molecule has 2 heteroatoms. The molecule has 1 N–H and O–H groups in total. The first kappa shape index (κ1) is 16.5. The first-order valence-corrected chi connectivity index (χ1v) is 8.94. The lowest BCUT2D eigenvalue weighted by molar-refractivity contribution is 0.325. The smallest absolute Gasteiger partial charge is 0.0270 e. The summed E-state index contributed by atoms with van der Waals surface area (Å²) in [6, 6.07) is 4.96. The second-order valence-corrected chi connectivity index (χ2v) is 6.72. The third kappa shape index (κ3) is 5.43. The number of rotatable bonds is 7. The van der Waals surface area contributed by atoms with E-state index in [1.807, 2.05) is 12.4 Å². The van der Waals surface area contributed by atoms with Crippen molar-refractivity contribution in [1.29, 1.82) is 0 Å². The van der Waals surface area contributed by atoms with Crippen molar-refractivity contribution in [1.82, 2.24) is 10.3 Å². The Kier molecular flexibility index (Phi) is 7.21. The van der Waals surface area contributed by atoms with E-state index in [4.69, 9.17) is 0 Å². The van der Waals surface area contributed by atoms with Crippen LogP contribution in [0.2, 0.25) is 0 Å². The molecule has 1 aliphatic rings. The molecule has 1 aromatic rings. The molecule has 2 atom stereocenters. The van der Waals surface area contributed by atoms with Crippen molar-refractivity contribution in [2.75, 3.05) is 6.54 Å². The number of nitrogens with zero attached hydrogens (tertiary/aromatic N) is 1. The molecule has 0 bridgehead atoms. The van der Waals surface area contributed by atoms with Crippen LogP contribution in [0.4, 0.5) is 0 Å². The second-order valence-electron chi connectivity index (χ2n) is 6.72. The first-order valence-electron chi connectivity index (χ1n) is 8.94. The molecular formula is C19H32N2. The largest absolute Gasteiger partial charge is 0.313 e. The van der Waals surface area contributed by atoms with Crippen molar-refractivity contribution in [2.45, 2.75) is 77.2 Å². The second kappa shape index (κ2) is 9.19. The van der Waals surface area contributed by atoms with Crippen LogP contribution in [0.15, 0.2) is 24.5 Å². The summed E-state index contributed by atoms with van der Waals surface area (Å²) < 4.78 is 0. The van der Waals surface area contributed by atoms with E-state index < -0.39 is 0 Å². The number of hydrogen-bond acceptors (Lipinski definition) is 2. The number of hydrogen-bond donors (Lipinski definition) is 1. The highest BCUT2D eigenvalue weighted by molar-refractivity contribution is 5.17. The highest BCUT2D eigenvalue weighted by Crippen LogP contribution is 2.30. The van der Waals surface area contributed by atoms with E-state index in [2.05, 4.69) is 36.3 Å². The summed E-state index contributed by atoms with van der Waals surface area (Å²) in [5.74, 6) is 1.49. The van der Waals surface area contributed by atoms with Gasteiger partial charge in [0.2, 0.25) is 0 Å². The predicted molar refractivity (Wildman–Crippen MR) is 90.5 cm³/mol. The molecule has 0 saturated heterocycles. The lowest BCUT2D eigenvalue weighted by Crippen LogP contribution is -2.36. The highest BCUT2D eigenvalue weighted by Gasteiger charge is 2.23. The molecular weight excluding hydrogens is 256 g/mol. The van der Waals surface area contributed by atoms with E-state index >= 15 is 0 Å². The van der Waals surface area contributed by atoms with Crippen LogP contribution in [0.3, 0.4) is 0 Å². The van der Waals surface area contributed by atoms with Gasteiger partial charge >= 0.3 is 0 Å². The average molecular weight is 288 g/mol. The van der Waals surface area contributed by atoms with E-state index in [1.165, 1.54) is 56.9 Å². The Labute approximate surface area is 130 Å². The minimum Gasteiger partial charge on any atom is -0.313 e. The van der Waals surface area contributed by atoms with Crippen molar-refractivity contribution < 1.29 is 0 Å². The molecule has 1 saturated carbocycles. The van der Waals surface area contributed by atoms with E-state index in [1.54, 1.807) is 0 Å². The molecule has 0 amide bonds. The standard InChI is InChI=1S/C19H32N2/c1-3-12-21-19(15-17-8-6-4-5-7-9-17)16(2)18-10-13-20-14-11-18/h10-11,13-14,16-17,19,21H,3-9,12,15H2,1-2H3. The molecule has 1 aliphatic carbocycles. The third-order valence-electron chi connectivity index (χ3n) is 5.05. The molecule has 1 aromatic heterocycles. The van der Waals surface area contributed by atoms with Crippen molar-refractivity contribution >= 4 is 0 Å². The molecule has 0 radical (unpaired) electrons. The maximum Gasteiger partial charge on any atom is 0.0270 e. The summed E-state index contributed by atoms with van der Waals surface area (Å²) in [4.78, 5) is 4.16. The molecule has 0 aliphatic heterocycles. The van der Waals surface area contributed by atoms with Gasteiger partial charge in [0.1, 0.15) is 0 Å². The maximum absolute atomic E-state index is 4.16. The normalized spacial score (nSPS) is 19.9. The minimum atomic E-state index is 0.572. The Balaban J connectivity index is 1.98. The number of pyridine rings is 1. The minimum absolute atomic E-state index is 0.572. The van der Waals surface area contributed by atoms with Crippen molar-refractivity contribution in [3.8, 4) is 0 Å². The van der Waals surface area contributed by atoms with Gasteiger partial charge in [-0.15, -0.1) is 0 Å². The zero-order valence-corrected chi connectivity index (χ0v) is 13.9. The third-order valence-corrected chi connectivity index (χ3v) is 5.05. The summed E-state index contributed by atoms with van der Waals surface area (Å²) >= 11 is 0. The van der Waals surface area contributed by atoms with Crippen LogP contribution in [-0.2, 0) is 0 Å². The molecule has 118 valence electrons. The van der Waals surface area contributed by atoms with E-state index in [9.17, 15) is 0 Å². The summed E-state index contributed by atoms with van der Waals surface area (Å²) in [5, 5.41) is 3.81. The van der Waals surface area contributed by atoms with Crippen molar-refractivity contribution in [3.05, 3.63) is 30.1 Å². The SMILES string of the molecule is CCCNC(CC1CCCCCC1)C(C)c1ccncc1. The molecule has 21 heavy (non-hydrogen) atoms. The predicted octanol–water partition coefficient (Wildman–Crippen LogP) is 4.91. The number of nitrogens with one attached hydrogen (secondary N) is 1. The zero-order valence-electron chi connectivity index (χ0n) is 13.9. The van der Waals surface area contributed by atoms with Gasteiger partial charge in [0, 0.05) is 18.4 Å². The molecule has 1 heterocycles. The van der Waals surface area contributed by atoms with Gasteiger partial charge < -0.3 is 5.32 Å². The Bertz CT molecular complexity index is 368. The molecule has 0 spiro atoms. The van der Waals surface area contributed by atoms with Gasteiger partial charge in [-0.25, -0.2) is 0 Å².